The Kier molecular flexibility index (Phi) is 4.75. The molecular weight excluding hydrogens is 300 g/mol. The summed E-state index contributed by atoms with van der Waals surface area (Å²) < 4.78 is 0. The van der Waals surface area contributed by atoms with Crippen LogP contribution in [0.5, 0.6) is 0 Å². The molecule has 1 aromatic heterocycles. The number of carbonyl (C=O) groups excluding carboxylic acids is 1. The lowest BCUT2D eigenvalue weighted by Crippen LogP contribution is -2.30. The lowest BCUT2D eigenvalue weighted by Gasteiger charge is -2.16. The Balaban J connectivity index is 1.76. The molecule has 0 bridgehead atoms. The van der Waals surface area contributed by atoms with Gasteiger partial charge in [-0.2, -0.15) is 0 Å². The number of H-pyrrole nitrogens is 1. The van der Waals surface area contributed by atoms with Gasteiger partial charge in [-0.1, -0.05) is 55.5 Å². The van der Waals surface area contributed by atoms with Gasteiger partial charge in [-0.05, 0) is 29.5 Å². The fourth-order valence-corrected chi connectivity index (χ4v) is 2.87. The summed E-state index contributed by atoms with van der Waals surface area (Å²) in [7, 11) is 0. The maximum absolute atomic E-state index is 12.4. The molecule has 1 atom stereocenters. The van der Waals surface area contributed by atoms with Gasteiger partial charge in [-0.3, -0.25) is 9.59 Å². The van der Waals surface area contributed by atoms with E-state index in [-0.39, 0.29) is 17.4 Å². The van der Waals surface area contributed by atoms with E-state index in [1.54, 1.807) is 12.1 Å². The van der Waals surface area contributed by atoms with Crippen LogP contribution in [0.15, 0.2) is 65.5 Å². The van der Waals surface area contributed by atoms with Crippen molar-refractivity contribution in [2.24, 2.45) is 0 Å². The van der Waals surface area contributed by atoms with Crippen LogP contribution in [0.25, 0.3) is 10.8 Å². The third kappa shape index (κ3) is 3.38. The Hall–Kier alpha value is -2.88. The molecule has 1 unspecified atom stereocenters. The number of pyridine rings is 1. The van der Waals surface area contributed by atoms with Crippen LogP contribution in [0.4, 0.5) is 0 Å². The summed E-state index contributed by atoms with van der Waals surface area (Å²) in [5, 5.41) is 4.28. The molecule has 1 amide bonds. The van der Waals surface area contributed by atoms with E-state index in [4.69, 9.17) is 0 Å². The summed E-state index contributed by atoms with van der Waals surface area (Å²) in [5.41, 5.74) is 1.25. The zero-order valence-corrected chi connectivity index (χ0v) is 13.6. The van der Waals surface area contributed by atoms with E-state index in [1.165, 1.54) is 5.56 Å². The molecule has 3 aromatic rings. The van der Waals surface area contributed by atoms with Gasteiger partial charge in [-0.25, -0.2) is 0 Å². The highest BCUT2D eigenvalue weighted by atomic mass is 16.2. The number of amides is 1. The van der Waals surface area contributed by atoms with Crippen LogP contribution >= 0.6 is 0 Å². The third-order valence-corrected chi connectivity index (χ3v) is 4.27. The average Bonchev–Trinajstić information content (AvgIpc) is 2.63. The van der Waals surface area contributed by atoms with E-state index in [0.717, 1.165) is 11.8 Å². The minimum Gasteiger partial charge on any atom is -0.350 e. The molecule has 0 aliphatic heterocycles. The van der Waals surface area contributed by atoms with Crippen LogP contribution in [-0.4, -0.2) is 17.4 Å². The van der Waals surface area contributed by atoms with Gasteiger partial charge in [0.25, 0.3) is 11.5 Å². The summed E-state index contributed by atoms with van der Waals surface area (Å²) in [6, 6.07) is 19.1. The minimum absolute atomic E-state index is 0.242. The van der Waals surface area contributed by atoms with Crippen molar-refractivity contribution in [2.45, 2.75) is 19.3 Å². The highest BCUT2D eigenvalue weighted by Gasteiger charge is 2.13. The molecule has 0 spiro atoms. The quantitative estimate of drug-likeness (QED) is 0.756. The third-order valence-electron chi connectivity index (χ3n) is 4.27. The number of rotatable bonds is 5. The van der Waals surface area contributed by atoms with E-state index >= 15 is 0 Å². The Morgan fingerprint density at radius 2 is 1.79 bits per heavy atom. The second kappa shape index (κ2) is 7.13. The maximum atomic E-state index is 12.4. The molecular formula is C20H20N2O2. The SMILES string of the molecule is CCC(CNC(=O)c1cc2ccccc2c(=O)[nH]1)c1ccccc1. The number of carbonyl (C=O) groups is 1. The largest absolute Gasteiger partial charge is 0.350 e. The molecule has 4 heteroatoms. The lowest BCUT2D eigenvalue weighted by molar-refractivity contribution is 0.0946. The van der Waals surface area contributed by atoms with Gasteiger partial charge in [0.2, 0.25) is 0 Å². The number of hydrogen-bond donors (Lipinski definition) is 2. The Bertz CT molecular complexity index is 900. The van der Waals surface area contributed by atoms with Crippen molar-refractivity contribution in [1.82, 2.24) is 10.3 Å². The first kappa shape index (κ1) is 16.0. The van der Waals surface area contributed by atoms with E-state index in [2.05, 4.69) is 29.4 Å². The van der Waals surface area contributed by atoms with E-state index < -0.39 is 0 Å². The highest BCUT2D eigenvalue weighted by molar-refractivity contribution is 5.96. The normalized spacial score (nSPS) is 12.0. The maximum Gasteiger partial charge on any atom is 0.267 e. The molecule has 0 saturated carbocycles. The van der Waals surface area contributed by atoms with E-state index in [1.807, 2.05) is 36.4 Å². The average molecular weight is 320 g/mol. The molecule has 3 rings (SSSR count). The zero-order valence-electron chi connectivity index (χ0n) is 13.6. The standard InChI is InChI=1S/C20H20N2O2/c1-2-14(15-8-4-3-5-9-15)13-21-20(24)18-12-16-10-6-7-11-17(16)19(23)22-18/h3-12,14H,2,13H2,1H3,(H,21,24)(H,22,23). The van der Waals surface area contributed by atoms with Crippen molar-refractivity contribution in [3.63, 3.8) is 0 Å². The van der Waals surface area contributed by atoms with Gasteiger partial charge in [0.05, 0.1) is 0 Å². The molecule has 0 saturated heterocycles. The summed E-state index contributed by atoms with van der Waals surface area (Å²) in [5.74, 6) is -0.00503. The molecule has 0 aliphatic carbocycles. The summed E-state index contributed by atoms with van der Waals surface area (Å²) in [4.78, 5) is 27.2. The van der Waals surface area contributed by atoms with Crippen molar-refractivity contribution >= 4 is 16.7 Å². The number of aromatic amines is 1. The molecule has 4 nitrogen and oxygen atoms in total. The molecule has 0 aliphatic rings. The second-order valence-corrected chi connectivity index (χ2v) is 5.83. The van der Waals surface area contributed by atoms with Crippen LogP contribution in [0, 0.1) is 0 Å². The molecule has 1 heterocycles. The number of benzene rings is 2. The molecule has 0 fully saturated rings. The fraction of sp³-hybridized carbons (Fsp3) is 0.200. The van der Waals surface area contributed by atoms with Crippen LogP contribution in [0.3, 0.4) is 0 Å². The van der Waals surface area contributed by atoms with Gasteiger partial charge in [0.15, 0.2) is 0 Å². The molecule has 24 heavy (non-hydrogen) atoms. The Labute approximate surface area is 140 Å². The summed E-state index contributed by atoms with van der Waals surface area (Å²) in [6.07, 6.45) is 0.929. The predicted octanol–water partition coefficient (Wildman–Crippen LogP) is 3.45. The van der Waals surface area contributed by atoms with Crippen molar-refractivity contribution in [3.05, 3.63) is 82.3 Å². The Morgan fingerprint density at radius 1 is 1.08 bits per heavy atom. The van der Waals surface area contributed by atoms with E-state index in [0.29, 0.717) is 17.6 Å². The number of fused-ring (bicyclic) bond motifs is 1. The van der Waals surface area contributed by atoms with Crippen LogP contribution in [0.1, 0.15) is 35.3 Å². The molecule has 2 N–H and O–H groups in total. The van der Waals surface area contributed by atoms with E-state index in [9.17, 15) is 9.59 Å². The first-order valence-electron chi connectivity index (χ1n) is 8.14. The predicted molar refractivity (Wildman–Crippen MR) is 96.4 cm³/mol. The lowest BCUT2D eigenvalue weighted by atomic mass is 9.96. The molecule has 122 valence electrons. The van der Waals surface area contributed by atoms with Crippen molar-refractivity contribution in [1.29, 1.82) is 0 Å². The smallest absolute Gasteiger partial charge is 0.267 e. The second-order valence-electron chi connectivity index (χ2n) is 5.83. The molecule has 2 aromatic carbocycles. The number of hydrogen-bond acceptors (Lipinski definition) is 2. The van der Waals surface area contributed by atoms with Crippen molar-refractivity contribution in [2.75, 3.05) is 6.54 Å². The first-order valence-corrected chi connectivity index (χ1v) is 8.14. The monoisotopic (exact) mass is 320 g/mol. The highest BCUT2D eigenvalue weighted by Crippen LogP contribution is 2.18. The minimum atomic E-state index is -0.257. The van der Waals surface area contributed by atoms with Crippen LogP contribution in [-0.2, 0) is 0 Å². The Morgan fingerprint density at radius 3 is 2.54 bits per heavy atom. The number of nitrogens with one attached hydrogen (secondary N) is 2. The van der Waals surface area contributed by atoms with Gasteiger partial charge in [0, 0.05) is 17.8 Å². The van der Waals surface area contributed by atoms with Crippen LogP contribution < -0.4 is 10.9 Å². The first-order chi connectivity index (χ1) is 11.7. The zero-order chi connectivity index (χ0) is 16.9. The topological polar surface area (TPSA) is 62.0 Å². The molecule has 0 radical (unpaired) electrons. The van der Waals surface area contributed by atoms with Crippen molar-refractivity contribution in [3.8, 4) is 0 Å². The van der Waals surface area contributed by atoms with Gasteiger partial charge in [0.1, 0.15) is 5.69 Å². The summed E-state index contributed by atoms with van der Waals surface area (Å²) in [6.45, 7) is 2.63. The summed E-state index contributed by atoms with van der Waals surface area (Å²) >= 11 is 0. The van der Waals surface area contributed by atoms with Crippen molar-refractivity contribution < 1.29 is 4.79 Å². The number of aromatic nitrogens is 1. The van der Waals surface area contributed by atoms with Gasteiger partial charge in [-0.15, -0.1) is 0 Å². The van der Waals surface area contributed by atoms with Crippen LogP contribution in [0.2, 0.25) is 0 Å². The van der Waals surface area contributed by atoms with Gasteiger partial charge >= 0.3 is 0 Å². The fourth-order valence-electron chi connectivity index (χ4n) is 2.87. The van der Waals surface area contributed by atoms with Gasteiger partial charge < -0.3 is 10.3 Å².